The molecule has 3 aromatic rings. The van der Waals surface area contributed by atoms with Gasteiger partial charge in [0.15, 0.2) is 11.6 Å². The molecular formula is C16H12F3N3OS. The Balaban J connectivity index is 1.57. The Hall–Kier alpha value is -2.61. The number of hydrogen-bond acceptors (Lipinski definition) is 4. The number of carbonyl (C=O) groups is 1. The van der Waals surface area contributed by atoms with Gasteiger partial charge in [-0.05, 0) is 29.7 Å². The molecule has 3 rings (SSSR count). The van der Waals surface area contributed by atoms with E-state index >= 15 is 0 Å². The lowest BCUT2D eigenvalue weighted by molar-refractivity contribution is 0.0950. The highest BCUT2D eigenvalue weighted by atomic mass is 32.1. The molecule has 0 spiro atoms. The lowest BCUT2D eigenvalue weighted by atomic mass is 10.2. The first-order valence-corrected chi connectivity index (χ1v) is 7.84. The molecule has 1 aromatic heterocycles. The zero-order valence-corrected chi connectivity index (χ0v) is 13.1. The highest BCUT2D eigenvalue weighted by Gasteiger charge is 2.15. The third-order valence-electron chi connectivity index (χ3n) is 3.34. The van der Waals surface area contributed by atoms with E-state index in [4.69, 9.17) is 0 Å². The van der Waals surface area contributed by atoms with Crippen molar-refractivity contribution in [1.29, 1.82) is 0 Å². The van der Waals surface area contributed by atoms with Crippen LogP contribution in [0.2, 0.25) is 0 Å². The van der Waals surface area contributed by atoms with Crippen LogP contribution in [0.15, 0.2) is 36.4 Å². The van der Waals surface area contributed by atoms with Gasteiger partial charge in [0.2, 0.25) is 0 Å². The van der Waals surface area contributed by atoms with Gasteiger partial charge in [0, 0.05) is 24.5 Å². The predicted octanol–water partition coefficient (Wildman–Crippen LogP) is 3.56. The summed E-state index contributed by atoms with van der Waals surface area (Å²) in [5, 5.41) is 6.48. The van der Waals surface area contributed by atoms with Crippen LogP contribution in [0.5, 0.6) is 0 Å². The molecule has 0 aliphatic rings. The third-order valence-corrected chi connectivity index (χ3v) is 4.16. The van der Waals surface area contributed by atoms with Gasteiger partial charge in [0.05, 0.1) is 10.3 Å². The number of fused-ring (bicyclic) bond motifs is 1. The quantitative estimate of drug-likeness (QED) is 0.546. The highest BCUT2D eigenvalue weighted by Crippen LogP contribution is 2.25. The van der Waals surface area contributed by atoms with Crippen LogP contribution in [-0.4, -0.2) is 23.4 Å². The normalized spacial score (nSPS) is 10.8. The van der Waals surface area contributed by atoms with Gasteiger partial charge >= 0.3 is 0 Å². The summed E-state index contributed by atoms with van der Waals surface area (Å²) in [7, 11) is 0. The fourth-order valence-corrected chi connectivity index (χ4v) is 2.92. The Morgan fingerprint density at radius 1 is 1.04 bits per heavy atom. The number of carbonyl (C=O) groups excluding carboxylic acids is 1. The van der Waals surface area contributed by atoms with Crippen molar-refractivity contribution in [3.8, 4) is 0 Å². The van der Waals surface area contributed by atoms with Gasteiger partial charge in [0.1, 0.15) is 11.6 Å². The minimum Gasteiger partial charge on any atom is -0.367 e. The van der Waals surface area contributed by atoms with Crippen molar-refractivity contribution in [2.45, 2.75) is 0 Å². The lowest BCUT2D eigenvalue weighted by Gasteiger charge is -2.08. The van der Waals surface area contributed by atoms with Crippen LogP contribution in [0.25, 0.3) is 10.1 Å². The Labute approximate surface area is 139 Å². The molecule has 0 aliphatic heterocycles. The van der Waals surface area contributed by atoms with Crippen LogP contribution in [0.4, 0.5) is 19.0 Å². The summed E-state index contributed by atoms with van der Waals surface area (Å²) >= 11 is 1.35. The van der Waals surface area contributed by atoms with Crippen LogP contribution >= 0.6 is 11.5 Å². The maximum Gasteiger partial charge on any atom is 0.254 e. The number of nitrogens with one attached hydrogen (secondary N) is 2. The van der Waals surface area contributed by atoms with Crippen molar-refractivity contribution in [2.24, 2.45) is 0 Å². The second-order valence-corrected chi connectivity index (χ2v) is 5.76. The molecule has 0 fully saturated rings. The third kappa shape index (κ3) is 3.33. The summed E-state index contributed by atoms with van der Waals surface area (Å²) in [6, 6.07) is 8.59. The monoisotopic (exact) mass is 351 g/mol. The average molecular weight is 351 g/mol. The van der Waals surface area contributed by atoms with E-state index in [1.807, 2.05) is 24.3 Å². The van der Waals surface area contributed by atoms with Gasteiger partial charge in [-0.2, -0.15) is 4.37 Å². The van der Waals surface area contributed by atoms with Crippen LogP contribution < -0.4 is 10.6 Å². The maximum absolute atomic E-state index is 13.5. The molecule has 0 aliphatic carbocycles. The number of amides is 1. The highest BCUT2D eigenvalue weighted by molar-refractivity contribution is 7.13. The van der Waals surface area contributed by atoms with Gasteiger partial charge in [-0.3, -0.25) is 4.79 Å². The van der Waals surface area contributed by atoms with Crippen molar-refractivity contribution in [3.63, 3.8) is 0 Å². The van der Waals surface area contributed by atoms with Crippen molar-refractivity contribution >= 4 is 33.3 Å². The molecule has 0 atom stereocenters. The summed E-state index contributed by atoms with van der Waals surface area (Å²) in [6.45, 7) is 0.522. The number of benzene rings is 2. The molecule has 2 aromatic carbocycles. The van der Waals surface area contributed by atoms with E-state index in [9.17, 15) is 18.0 Å². The SMILES string of the molecule is O=C(NCCNc1nsc2ccccc12)c1cc(F)c(F)cc1F. The molecule has 124 valence electrons. The molecular weight excluding hydrogens is 339 g/mol. The van der Waals surface area contributed by atoms with E-state index in [0.29, 0.717) is 24.5 Å². The molecule has 4 nitrogen and oxygen atoms in total. The maximum atomic E-state index is 13.5. The van der Waals surface area contributed by atoms with Gasteiger partial charge in [-0.1, -0.05) is 12.1 Å². The molecule has 0 radical (unpaired) electrons. The Kier molecular flexibility index (Phi) is 4.66. The number of rotatable bonds is 5. The topological polar surface area (TPSA) is 54.0 Å². The smallest absolute Gasteiger partial charge is 0.254 e. The number of aromatic nitrogens is 1. The van der Waals surface area contributed by atoms with Crippen molar-refractivity contribution in [1.82, 2.24) is 9.69 Å². The molecule has 0 bridgehead atoms. The number of nitrogens with zero attached hydrogens (tertiary/aromatic N) is 1. The van der Waals surface area contributed by atoms with Gasteiger partial charge in [-0.25, -0.2) is 13.2 Å². The molecule has 0 unspecified atom stereocenters. The van der Waals surface area contributed by atoms with Crippen LogP contribution in [-0.2, 0) is 0 Å². The van der Waals surface area contributed by atoms with Crippen LogP contribution in [0.1, 0.15) is 10.4 Å². The van der Waals surface area contributed by atoms with Gasteiger partial charge in [0.25, 0.3) is 5.91 Å². The molecule has 24 heavy (non-hydrogen) atoms. The summed E-state index contributed by atoms with van der Waals surface area (Å²) < 4.78 is 44.8. The van der Waals surface area contributed by atoms with E-state index in [-0.39, 0.29) is 6.54 Å². The van der Waals surface area contributed by atoms with Crippen molar-refractivity contribution < 1.29 is 18.0 Å². The predicted molar refractivity (Wildman–Crippen MR) is 86.8 cm³/mol. The summed E-state index contributed by atoms with van der Waals surface area (Å²) in [5.41, 5.74) is -0.534. The second-order valence-electron chi connectivity index (χ2n) is 4.96. The Bertz CT molecular complexity index is 897. The first-order chi connectivity index (χ1) is 11.6. The van der Waals surface area contributed by atoms with Crippen molar-refractivity contribution in [2.75, 3.05) is 18.4 Å². The first-order valence-electron chi connectivity index (χ1n) is 7.07. The second kappa shape index (κ2) is 6.88. The summed E-state index contributed by atoms with van der Waals surface area (Å²) in [4.78, 5) is 11.8. The molecule has 1 amide bonds. The first kappa shape index (κ1) is 16.3. The standard InChI is InChI=1S/C16H12F3N3OS/c17-11-8-13(19)12(18)7-10(11)16(23)21-6-5-20-15-9-3-1-2-4-14(9)24-22-15/h1-4,7-8H,5-6H2,(H,20,22)(H,21,23). The van der Waals surface area contributed by atoms with E-state index in [0.717, 1.165) is 10.1 Å². The van der Waals surface area contributed by atoms with Crippen LogP contribution in [0, 0.1) is 17.5 Å². The Morgan fingerprint density at radius 2 is 1.79 bits per heavy atom. The number of hydrogen-bond donors (Lipinski definition) is 2. The number of anilines is 1. The molecule has 0 saturated carbocycles. The van der Waals surface area contributed by atoms with E-state index in [2.05, 4.69) is 15.0 Å². The summed E-state index contributed by atoms with van der Waals surface area (Å²) in [6.07, 6.45) is 0. The Morgan fingerprint density at radius 3 is 2.62 bits per heavy atom. The van der Waals surface area contributed by atoms with E-state index in [1.54, 1.807) is 0 Å². The minimum absolute atomic E-state index is 0.170. The average Bonchev–Trinajstić information content (AvgIpc) is 2.98. The zero-order chi connectivity index (χ0) is 17.1. The molecule has 8 heteroatoms. The van der Waals surface area contributed by atoms with Gasteiger partial charge < -0.3 is 10.6 Å². The van der Waals surface area contributed by atoms with Gasteiger partial charge in [-0.15, -0.1) is 0 Å². The summed E-state index contributed by atoms with van der Waals surface area (Å²) in [5.74, 6) is -3.82. The van der Waals surface area contributed by atoms with E-state index in [1.165, 1.54) is 11.5 Å². The van der Waals surface area contributed by atoms with Crippen LogP contribution in [0.3, 0.4) is 0 Å². The zero-order valence-electron chi connectivity index (χ0n) is 12.3. The molecule has 1 heterocycles. The van der Waals surface area contributed by atoms with E-state index < -0.39 is 28.9 Å². The largest absolute Gasteiger partial charge is 0.367 e. The minimum atomic E-state index is -1.33. The fraction of sp³-hybridized carbons (Fsp3) is 0.125. The lowest BCUT2D eigenvalue weighted by Crippen LogP contribution is -2.29. The fourth-order valence-electron chi connectivity index (χ4n) is 2.16. The molecule has 2 N–H and O–H groups in total. The number of halogens is 3. The molecule has 0 saturated heterocycles. The van der Waals surface area contributed by atoms with Crippen molar-refractivity contribution in [3.05, 3.63) is 59.4 Å².